The molecule has 2 aromatic carbocycles. The number of sulfonamides is 1. The quantitative estimate of drug-likeness (QED) is 0.681. The van der Waals surface area contributed by atoms with Crippen molar-refractivity contribution in [3.8, 4) is 11.1 Å². The van der Waals surface area contributed by atoms with Crippen molar-refractivity contribution in [1.29, 1.82) is 0 Å². The van der Waals surface area contributed by atoms with Gasteiger partial charge < -0.3 is 5.32 Å². The van der Waals surface area contributed by atoms with Crippen molar-refractivity contribution in [3.63, 3.8) is 0 Å². The summed E-state index contributed by atoms with van der Waals surface area (Å²) in [6.45, 7) is 4.13. The van der Waals surface area contributed by atoms with Gasteiger partial charge in [0.05, 0.1) is 22.8 Å². The van der Waals surface area contributed by atoms with Gasteiger partial charge in [-0.1, -0.05) is 44.2 Å². The number of nitrogens with one attached hydrogen (secondary N) is 1. The third-order valence-corrected chi connectivity index (χ3v) is 7.00. The minimum Gasteiger partial charge on any atom is -0.349 e. The summed E-state index contributed by atoms with van der Waals surface area (Å²) in [5, 5.41) is 2.76. The molecule has 1 amide bonds. The summed E-state index contributed by atoms with van der Waals surface area (Å²) in [5.74, 6) is -0.0846. The number of nitrogens with zero attached hydrogens (tertiary/aromatic N) is 2. The summed E-state index contributed by atoms with van der Waals surface area (Å²) < 4.78 is 27.9. The van der Waals surface area contributed by atoms with Crippen LogP contribution in [-0.4, -0.2) is 25.9 Å². The highest BCUT2D eigenvalue weighted by Crippen LogP contribution is 2.43. The molecule has 0 spiro atoms. The fourth-order valence-corrected chi connectivity index (χ4v) is 5.21. The molecule has 0 radical (unpaired) electrons. The van der Waals surface area contributed by atoms with Gasteiger partial charge in [-0.2, -0.15) is 0 Å². The van der Waals surface area contributed by atoms with Crippen molar-refractivity contribution in [1.82, 2.24) is 10.3 Å². The Morgan fingerprint density at radius 3 is 2.53 bits per heavy atom. The molecule has 1 N–H and O–H groups in total. The van der Waals surface area contributed by atoms with Crippen LogP contribution in [0.15, 0.2) is 71.8 Å². The van der Waals surface area contributed by atoms with Crippen LogP contribution in [-0.2, 0) is 21.4 Å². The Labute approximate surface area is 176 Å². The smallest absolute Gasteiger partial charge is 0.265 e. The van der Waals surface area contributed by atoms with Gasteiger partial charge in [-0.3, -0.25) is 14.1 Å². The lowest BCUT2D eigenvalue weighted by Gasteiger charge is -2.32. The van der Waals surface area contributed by atoms with E-state index in [1.807, 2.05) is 30.3 Å². The van der Waals surface area contributed by atoms with Gasteiger partial charge in [-0.05, 0) is 41.8 Å². The molecule has 6 nitrogen and oxygen atoms in total. The molecule has 4 rings (SSSR count). The van der Waals surface area contributed by atoms with Crippen LogP contribution in [0, 0.1) is 0 Å². The third-order valence-electron chi connectivity index (χ3n) is 5.18. The molecule has 0 bridgehead atoms. The number of aromatic nitrogens is 1. The summed E-state index contributed by atoms with van der Waals surface area (Å²) in [7, 11) is -3.85. The van der Waals surface area contributed by atoms with Crippen molar-refractivity contribution < 1.29 is 13.2 Å². The zero-order valence-electron chi connectivity index (χ0n) is 16.9. The first kappa shape index (κ1) is 20.1. The van der Waals surface area contributed by atoms with E-state index in [-0.39, 0.29) is 23.9 Å². The summed E-state index contributed by atoms with van der Waals surface area (Å²) >= 11 is 0. The van der Waals surface area contributed by atoms with E-state index in [9.17, 15) is 13.2 Å². The molecule has 7 heteroatoms. The molecule has 0 aliphatic carbocycles. The topological polar surface area (TPSA) is 79.4 Å². The second-order valence-corrected chi connectivity index (χ2v) is 9.37. The number of amides is 1. The van der Waals surface area contributed by atoms with Gasteiger partial charge in [0.1, 0.15) is 6.54 Å². The van der Waals surface area contributed by atoms with Crippen LogP contribution in [0.3, 0.4) is 0 Å². The molecule has 0 saturated carbocycles. The number of hydrogen-bond acceptors (Lipinski definition) is 4. The molecule has 1 aromatic heterocycles. The SMILES string of the molecule is CC(C)c1ccc2c(c1)-c1ccccc1S(=O)(=O)N2CC(=O)NCc1ccccn1. The van der Waals surface area contributed by atoms with Crippen molar-refractivity contribution >= 4 is 21.6 Å². The largest absolute Gasteiger partial charge is 0.349 e. The number of carbonyl (C=O) groups excluding carboxylic acids is 1. The average Bonchev–Trinajstić information content (AvgIpc) is 2.75. The Bertz CT molecular complexity index is 1190. The molecular weight excluding hydrogens is 398 g/mol. The zero-order chi connectivity index (χ0) is 21.3. The van der Waals surface area contributed by atoms with Crippen LogP contribution >= 0.6 is 0 Å². The molecule has 3 aromatic rings. The zero-order valence-corrected chi connectivity index (χ0v) is 17.7. The summed E-state index contributed by atoms with van der Waals surface area (Å²) in [6.07, 6.45) is 1.65. The predicted octanol–water partition coefficient (Wildman–Crippen LogP) is 3.70. The Morgan fingerprint density at radius 2 is 1.80 bits per heavy atom. The van der Waals surface area contributed by atoms with Gasteiger partial charge in [0.15, 0.2) is 0 Å². The van der Waals surface area contributed by atoms with E-state index in [1.165, 1.54) is 4.31 Å². The highest BCUT2D eigenvalue weighted by Gasteiger charge is 2.36. The van der Waals surface area contributed by atoms with E-state index in [1.54, 1.807) is 36.5 Å². The number of hydrogen-bond donors (Lipinski definition) is 1. The van der Waals surface area contributed by atoms with E-state index in [0.717, 1.165) is 11.1 Å². The molecule has 0 saturated heterocycles. The van der Waals surface area contributed by atoms with Crippen LogP contribution in [0.25, 0.3) is 11.1 Å². The fraction of sp³-hybridized carbons (Fsp3) is 0.217. The second kappa shape index (κ2) is 7.91. The van der Waals surface area contributed by atoms with E-state index >= 15 is 0 Å². The summed E-state index contributed by atoms with van der Waals surface area (Å²) in [6, 6.07) is 18.1. The first-order valence-electron chi connectivity index (χ1n) is 9.80. The van der Waals surface area contributed by atoms with Crippen LogP contribution in [0.5, 0.6) is 0 Å². The molecule has 30 heavy (non-hydrogen) atoms. The Kier molecular flexibility index (Phi) is 5.30. The molecule has 154 valence electrons. The van der Waals surface area contributed by atoms with Crippen molar-refractivity contribution in [2.75, 3.05) is 10.8 Å². The minimum absolute atomic E-state index is 0.218. The molecule has 0 atom stereocenters. The maximum absolute atomic E-state index is 13.3. The molecule has 0 fully saturated rings. The minimum atomic E-state index is -3.85. The third kappa shape index (κ3) is 3.68. The van der Waals surface area contributed by atoms with Crippen LogP contribution in [0.2, 0.25) is 0 Å². The lowest BCUT2D eigenvalue weighted by Crippen LogP contribution is -2.42. The molecule has 1 aliphatic rings. The van der Waals surface area contributed by atoms with Crippen molar-refractivity contribution in [3.05, 3.63) is 78.1 Å². The molecular formula is C23H23N3O3S. The average molecular weight is 422 g/mol. The van der Waals surface area contributed by atoms with E-state index in [4.69, 9.17) is 0 Å². The Hall–Kier alpha value is -3.19. The maximum Gasteiger partial charge on any atom is 0.265 e. The standard InChI is InChI=1S/C23H23N3O3S/c1-16(2)17-10-11-21-20(13-17)19-8-3-4-9-22(19)30(28,29)26(21)15-23(27)25-14-18-7-5-6-12-24-18/h3-13,16H,14-15H2,1-2H3,(H,25,27). The van der Waals surface area contributed by atoms with Gasteiger partial charge >= 0.3 is 0 Å². The van der Waals surface area contributed by atoms with Crippen LogP contribution < -0.4 is 9.62 Å². The number of fused-ring (bicyclic) bond motifs is 3. The first-order valence-corrected chi connectivity index (χ1v) is 11.2. The second-order valence-electron chi connectivity index (χ2n) is 7.54. The molecule has 0 unspecified atom stereocenters. The highest BCUT2D eigenvalue weighted by molar-refractivity contribution is 7.93. The summed E-state index contributed by atoms with van der Waals surface area (Å²) in [5.41, 5.74) is 3.83. The lowest BCUT2D eigenvalue weighted by molar-refractivity contribution is -0.119. The maximum atomic E-state index is 13.3. The monoisotopic (exact) mass is 421 g/mol. The predicted molar refractivity (Wildman–Crippen MR) is 117 cm³/mol. The van der Waals surface area contributed by atoms with E-state index < -0.39 is 10.0 Å². The van der Waals surface area contributed by atoms with Gasteiger partial charge in [0.2, 0.25) is 5.91 Å². The fourth-order valence-electron chi connectivity index (χ4n) is 3.56. The van der Waals surface area contributed by atoms with E-state index in [0.29, 0.717) is 22.9 Å². The number of anilines is 1. The Morgan fingerprint density at radius 1 is 1.03 bits per heavy atom. The lowest BCUT2D eigenvalue weighted by atomic mass is 9.95. The molecule has 2 heterocycles. The van der Waals surface area contributed by atoms with Crippen molar-refractivity contribution in [2.24, 2.45) is 0 Å². The van der Waals surface area contributed by atoms with Crippen LogP contribution in [0.4, 0.5) is 5.69 Å². The number of carbonyl (C=O) groups is 1. The van der Waals surface area contributed by atoms with Gasteiger partial charge in [0.25, 0.3) is 10.0 Å². The van der Waals surface area contributed by atoms with Gasteiger partial charge in [-0.25, -0.2) is 8.42 Å². The summed E-state index contributed by atoms with van der Waals surface area (Å²) in [4.78, 5) is 17.0. The highest BCUT2D eigenvalue weighted by atomic mass is 32.2. The normalized spacial score (nSPS) is 14.2. The molecule has 1 aliphatic heterocycles. The first-order chi connectivity index (χ1) is 14.4. The number of rotatable bonds is 5. The van der Waals surface area contributed by atoms with Gasteiger partial charge in [-0.15, -0.1) is 0 Å². The van der Waals surface area contributed by atoms with Crippen molar-refractivity contribution in [2.45, 2.75) is 31.2 Å². The number of pyridine rings is 1. The van der Waals surface area contributed by atoms with E-state index in [2.05, 4.69) is 24.1 Å². The Balaban J connectivity index is 1.69. The van der Waals surface area contributed by atoms with Gasteiger partial charge in [0, 0.05) is 17.3 Å². The van der Waals surface area contributed by atoms with Crippen LogP contribution in [0.1, 0.15) is 31.0 Å². The number of benzene rings is 2.